The van der Waals surface area contributed by atoms with Crippen molar-refractivity contribution in [2.75, 3.05) is 19.3 Å². The number of piperidine rings is 1. The maximum atomic E-state index is 11.9. The van der Waals surface area contributed by atoms with Crippen LogP contribution in [0.15, 0.2) is 36.4 Å². The maximum absolute atomic E-state index is 11.9. The highest BCUT2D eigenvalue weighted by molar-refractivity contribution is 7.86. The molecule has 0 spiro atoms. The summed E-state index contributed by atoms with van der Waals surface area (Å²) < 4.78 is 29.3. The number of aromatic nitrogens is 1. The third kappa shape index (κ3) is 3.54. The molecule has 1 N–H and O–H groups in total. The minimum atomic E-state index is -3.59. The van der Waals surface area contributed by atoms with Crippen molar-refractivity contribution in [2.24, 2.45) is 5.92 Å². The van der Waals surface area contributed by atoms with E-state index in [0.717, 1.165) is 43.1 Å². The first kappa shape index (κ1) is 16.4. The fourth-order valence-corrected chi connectivity index (χ4v) is 4.20. The summed E-state index contributed by atoms with van der Waals surface area (Å²) in [5, 5.41) is 4.34. The van der Waals surface area contributed by atoms with Crippen LogP contribution in [0.2, 0.25) is 0 Å². The summed E-state index contributed by atoms with van der Waals surface area (Å²) in [5.74, 6) is 0.104. The minimum absolute atomic E-state index is 0.104. The van der Waals surface area contributed by atoms with Crippen molar-refractivity contribution in [3.63, 3.8) is 0 Å². The zero-order valence-electron chi connectivity index (χ0n) is 13.5. The van der Waals surface area contributed by atoms with Crippen LogP contribution in [-0.4, -0.2) is 32.7 Å². The van der Waals surface area contributed by atoms with Crippen molar-refractivity contribution in [1.29, 1.82) is 0 Å². The van der Waals surface area contributed by atoms with Crippen LogP contribution in [0, 0.1) is 5.92 Å². The number of nitrogens with zero attached hydrogens (tertiary/aromatic N) is 1. The molecule has 0 saturated carbocycles. The quantitative estimate of drug-likeness (QED) is 0.870. The Balaban J connectivity index is 2.08. The molecule has 1 aromatic carbocycles. The van der Waals surface area contributed by atoms with Crippen molar-refractivity contribution >= 4 is 21.0 Å². The van der Waals surface area contributed by atoms with E-state index in [1.54, 1.807) is 0 Å². The van der Waals surface area contributed by atoms with Crippen LogP contribution in [0.3, 0.4) is 0 Å². The molecule has 6 heteroatoms. The van der Waals surface area contributed by atoms with E-state index in [9.17, 15) is 8.42 Å². The van der Waals surface area contributed by atoms with Crippen molar-refractivity contribution in [3.05, 3.63) is 42.1 Å². The van der Waals surface area contributed by atoms with E-state index in [1.165, 1.54) is 0 Å². The lowest BCUT2D eigenvalue weighted by Crippen LogP contribution is -2.43. The summed E-state index contributed by atoms with van der Waals surface area (Å²) in [6.07, 6.45) is 2.83. The monoisotopic (exact) mass is 334 g/mol. The zero-order chi connectivity index (χ0) is 16.5. The Morgan fingerprint density at radius 2 is 1.87 bits per heavy atom. The van der Waals surface area contributed by atoms with E-state index in [0.29, 0.717) is 5.69 Å². The van der Waals surface area contributed by atoms with Gasteiger partial charge in [-0.2, -0.15) is 8.42 Å². The fraction of sp³-hybridized carbons (Fsp3) is 0.471. The number of hydrogen-bond donors (Lipinski definition) is 1. The average molecular weight is 334 g/mol. The Hall–Kier alpha value is -1.50. The molecule has 1 saturated heterocycles. The van der Waals surface area contributed by atoms with E-state index in [4.69, 9.17) is 9.17 Å². The third-order valence-electron chi connectivity index (χ3n) is 4.55. The highest BCUT2D eigenvalue weighted by Gasteiger charge is 2.42. The molecule has 0 radical (unpaired) electrons. The van der Waals surface area contributed by atoms with Crippen LogP contribution in [0.4, 0.5) is 0 Å². The summed E-state index contributed by atoms with van der Waals surface area (Å²) in [4.78, 5) is 4.70. The van der Waals surface area contributed by atoms with E-state index >= 15 is 0 Å². The second kappa shape index (κ2) is 6.19. The van der Waals surface area contributed by atoms with Gasteiger partial charge in [0.15, 0.2) is 0 Å². The molecule has 124 valence electrons. The van der Waals surface area contributed by atoms with Gasteiger partial charge in [-0.15, -0.1) is 0 Å². The summed E-state index contributed by atoms with van der Waals surface area (Å²) in [5.41, 5.74) is 0.579. The Bertz CT molecular complexity index is 800. The van der Waals surface area contributed by atoms with Gasteiger partial charge < -0.3 is 5.32 Å². The summed E-state index contributed by atoms with van der Waals surface area (Å²) in [6, 6.07) is 11.7. The van der Waals surface area contributed by atoms with E-state index in [2.05, 4.69) is 5.32 Å². The van der Waals surface area contributed by atoms with Gasteiger partial charge in [0.25, 0.3) is 10.1 Å². The van der Waals surface area contributed by atoms with Crippen LogP contribution in [-0.2, 0) is 19.9 Å². The number of benzene rings is 1. The normalized spacial score (nSPS) is 19.6. The van der Waals surface area contributed by atoms with Gasteiger partial charge in [-0.05, 0) is 50.9 Å². The van der Waals surface area contributed by atoms with Crippen LogP contribution in [0.25, 0.3) is 10.9 Å². The number of para-hydroxylation sites is 1. The van der Waals surface area contributed by atoms with Gasteiger partial charge in [-0.3, -0.25) is 4.18 Å². The lowest BCUT2D eigenvalue weighted by Gasteiger charge is -2.38. The molecule has 1 fully saturated rings. The second-order valence-electron chi connectivity index (χ2n) is 6.31. The molecule has 0 aliphatic carbocycles. The van der Waals surface area contributed by atoms with E-state index in [-0.39, 0.29) is 5.92 Å². The van der Waals surface area contributed by atoms with Crippen molar-refractivity contribution in [1.82, 2.24) is 10.3 Å². The Morgan fingerprint density at radius 3 is 2.57 bits per heavy atom. The third-order valence-corrected chi connectivity index (χ3v) is 5.20. The molecule has 0 amide bonds. The molecule has 1 unspecified atom stereocenters. The predicted molar refractivity (Wildman–Crippen MR) is 90.6 cm³/mol. The molecule has 0 bridgehead atoms. The SMILES string of the molecule is CC(OS(C)(=O)=O)(c1ccc2ccccc2n1)C1CCNCC1. The first-order valence-corrected chi connectivity index (χ1v) is 9.68. The summed E-state index contributed by atoms with van der Waals surface area (Å²) >= 11 is 0. The zero-order valence-corrected chi connectivity index (χ0v) is 14.3. The Morgan fingerprint density at radius 1 is 1.17 bits per heavy atom. The molecule has 23 heavy (non-hydrogen) atoms. The summed E-state index contributed by atoms with van der Waals surface area (Å²) in [6.45, 7) is 3.57. The number of nitrogens with one attached hydrogen (secondary N) is 1. The van der Waals surface area contributed by atoms with E-state index < -0.39 is 15.7 Å². The highest BCUT2D eigenvalue weighted by atomic mass is 32.2. The topological polar surface area (TPSA) is 68.3 Å². The van der Waals surface area contributed by atoms with Crippen molar-refractivity contribution < 1.29 is 12.6 Å². The molecule has 1 aliphatic heterocycles. The van der Waals surface area contributed by atoms with E-state index in [1.807, 2.05) is 43.3 Å². The molecule has 1 atom stereocenters. The predicted octanol–water partition coefficient (Wildman–Crippen LogP) is 2.43. The fourth-order valence-electron chi connectivity index (χ4n) is 3.35. The average Bonchev–Trinajstić information content (AvgIpc) is 2.53. The number of pyridine rings is 1. The molecule has 2 heterocycles. The molecule has 5 nitrogen and oxygen atoms in total. The Labute approximate surface area is 137 Å². The molecule has 2 aromatic rings. The maximum Gasteiger partial charge on any atom is 0.265 e. The minimum Gasteiger partial charge on any atom is -0.317 e. The Kier molecular flexibility index (Phi) is 4.40. The van der Waals surface area contributed by atoms with Gasteiger partial charge in [-0.25, -0.2) is 4.98 Å². The second-order valence-corrected chi connectivity index (χ2v) is 7.88. The van der Waals surface area contributed by atoms with Crippen LogP contribution >= 0.6 is 0 Å². The van der Waals surface area contributed by atoms with Gasteiger partial charge in [-0.1, -0.05) is 24.3 Å². The van der Waals surface area contributed by atoms with Gasteiger partial charge in [0, 0.05) is 5.39 Å². The largest absolute Gasteiger partial charge is 0.317 e. The van der Waals surface area contributed by atoms with Gasteiger partial charge in [0.1, 0.15) is 5.60 Å². The van der Waals surface area contributed by atoms with Crippen molar-refractivity contribution in [3.8, 4) is 0 Å². The number of hydrogen-bond acceptors (Lipinski definition) is 5. The number of fused-ring (bicyclic) bond motifs is 1. The van der Waals surface area contributed by atoms with Gasteiger partial charge in [0.2, 0.25) is 0 Å². The van der Waals surface area contributed by atoms with Crippen LogP contribution < -0.4 is 5.32 Å². The highest BCUT2D eigenvalue weighted by Crippen LogP contribution is 2.39. The van der Waals surface area contributed by atoms with Gasteiger partial charge in [0.05, 0.1) is 17.5 Å². The van der Waals surface area contributed by atoms with Crippen LogP contribution in [0.5, 0.6) is 0 Å². The molecular weight excluding hydrogens is 312 g/mol. The molecule has 1 aromatic heterocycles. The molecule has 1 aliphatic rings. The molecular formula is C17H22N2O3S. The first-order chi connectivity index (χ1) is 10.9. The lowest BCUT2D eigenvalue weighted by molar-refractivity contribution is 0.0105. The lowest BCUT2D eigenvalue weighted by atomic mass is 9.80. The molecule has 3 rings (SSSR count). The number of rotatable bonds is 4. The van der Waals surface area contributed by atoms with Gasteiger partial charge >= 0.3 is 0 Å². The first-order valence-electron chi connectivity index (χ1n) is 7.86. The van der Waals surface area contributed by atoms with Crippen LogP contribution in [0.1, 0.15) is 25.5 Å². The van der Waals surface area contributed by atoms with Crippen molar-refractivity contribution in [2.45, 2.75) is 25.4 Å². The standard InChI is InChI=1S/C17H22N2O3S/c1-17(22-23(2,20)21,14-9-11-18-12-10-14)16-8-7-13-5-3-4-6-15(13)19-16/h3-8,14,18H,9-12H2,1-2H3. The summed E-state index contributed by atoms with van der Waals surface area (Å²) in [7, 11) is -3.59. The smallest absolute Gasteiger partial charge is 0.265 e.